The molecule has 1 unspecified atom stereocenters. The molecule has 0 radical (unpaired) electrons. The summed E-state index contributed by atoms with van der Waals surface area (Å²) in [7, 11) is 1.72. The average molecular weight is 408 g/mol. The standard InChI is InChI=1S/C24H22FNO2S/c1-27-20-7-8-23-17(11-20)9-10-26-15-18-12-21(6-5-16(18)13-24(23)26)28-29-22-4-2-3-19(25)14-22/h2-8,11-12,14,24H,9-10,13,15H2,1H3. The van der Waals surface area contributed by atoms with E-state index >= 15 is 0 Å². The molecule has 29 heavy (non-hydrogen) atoms. The number of halogens is 1. The van der Waals surface area contributed by atoms with E-state index in [1.54, 1.807) is 13.2 Å². The summed E-state index contributed by atoms with van der Waals surface area (Å²) in [6, 6.07) is 19.7. The van der Waals surface area contributed by atoms with Gasteiger partial charge in [-0.25, -0.2) is 4.39 Å². The van der Waals surface area contributed by atoms with Crippen molar-refractivity contribution in [3.63, 3.8) is 0 Å². The van der Waals surface area contributed by atoms with Crippen LogP contribution in [0.4, 0.5) is 4.39 Å². The molecule has 0 saturated heterocycles. The van der Waals surface area contributed by atoms with E-state index in [0.29, 0.717) is 6.04 Å². The van der Waals surface area contributed by atoms with Gasteiger partial charge in [-0.05, 0) is 77.6 Å². The number of hydrogen-bond acceptors (Lipinski definition) is 4. The molecule has 0 amide bonds. The summed E-state index contributed by atoms with van der Waals surface area (Å²) in [6.45, 7) is 1.97. The van der Waals surface area contributed by atoms with Gasteiger partial charge < -0.3 is 8.92 Å². The highest BCUT2D eigenvalue weighted by Gasteiger charge is 2.32. The Morgan fingerprint density at radius 3 is 2.69 bits per heavy atom. The van der Waals surface area contributed by atoms with Crippen LogP contribution < -0.4 is 8.92 Å². The predicted molar refractivity (Wildman–Crippen MR) is 113 cm³/mol. The molecule has 3 nitrogen and oxygen atoms in total. The van der Waals surface area contributed by atoms with Crippen molar-refractivity contribution in [3.05, 3.63) is 88.7 Å². The second-order valence-electron chi connectivity index (χ2n) is 7.56. The number of fused-ring (bicyclic) bond motifs is 4. The first kappa shape index (κ1) is 18.5. The van der Waals surface area contributed by atoms with E-state index in [4.69, 9.17) is 8.92 Å². The lowest BCUT2D eigenvalue weighted by Crippen LogP contribution is -2.39. The molecule has 0 spiro atoms. The molecule has 2 heterocycles. The Bertz CT molecular complexity index is 1050. The maximum Gasteiger partial charge on any atom is 0.138 e. The van der Waals surface area contributed by atoms with Gasteiger partial charge in [-0.15, -0.1) is 0 Å². The Morgan fingerprint density at radius 1 is 0.966 bits per heavy atom. The zero-order chi connectivity index (χ0) is 19.8. The molecular weight excluding hydrogens is 385 g/mol. The molecule has 1 atom stereocenters. The topological polar surface area (TPSA) is 21.7 Å². The quantitative estimate of drug-likeness (QED) is 0.527. The summed E-state index contributed by atoms with van der Waals surface area (Å²) in [6.07, 6.45) is 2.05. The van der Waals surface area contributed by atoms with E-state index < -0.39 is 0 Å². The summed E-state index contributed by atoms with van der Waals surface area (Å²) in [5.74, 6) is 1.49. The van der Waals surface area contributed by atoms with Crippen LogP contribution in [-0.4, -0.2) is 18.6 Å². The van der Waals surface area contributed by atoms with Crippen molar-refractivity contribution in [2.75, 3.05) is 13.7 Å². The van der Waals surface area contributed by atoms with Gasteiger partial charge in [0.2, 0.25) is 0 Å². The molecule has 5 rings (SSSR count). The fraction of sp³-hybridized carbons (Fsp3) is 0.250. The molecular formula is C24H22FNO2S. The van der Waals surface area contributed by atoms with Gasteiger partial charge in [0, 0.05) is 19.1 Å². The van der Waals surface area contributed by atoms with E-state index in [1.807, 2.05) is 12.1 Å². The fourth-order valence-electron chi connectivity index (χ4n) is 4.34. The van der Waals surface area contributed by atoms with Crippen LogP contribution in [-0.2, 0) is 19.4 Å². The van der Waals surface area contributed by atoms with Crippen molar-refractivity contribution in [2.24, 2.45) is 0 Å². The molecule has 5 heteroatoms. The highest BCUT2D eigenvalue weighted by molar-refractivity contribution is 7.95. The lowest BCUT2D eigenvalue weighted by molar-refractivity contribution is 0.160. The smallest absolute Gasteiger partial charge is 0.138 e. The van der Waals surface area contributed by atoms with Crippen LogP contribution in [0.25, 0.3) is 0 Å². The van der Waals surface area contributed by atoms with Crippen molar-refractivity contribution in [3.8, 4) is 11.5 Å². The Morgan fingerprint density at radius 2 is 1.83 bits per heavy atom. The first-order chi connectivity index (χ1) is 14.2. The van der Waals surface area contributed by atoms with Crippen LogP contribution in [0.2, 0.25) is 0 Å². The van der Waals surface area contributed by atoms with E-state index in [2.05, 4.69) is 35.2 Å². The minimum atomic E-state index is -0.252. The molecule has 0 aliphatic carbocycles. The van der Waals surface area contributed by atoms with Crippen molar-refractivity contribution in [2.45, 2.75) is 30.3 Å². The molecule has 3 aromatic carbocycles. The predicted octanol–water partition coefficient (Wildman–Crippen LogP) is 5.58. The highest BCUT2D eigenvalue weighted by Crippen LogP contribution is 2.40. The van der Waals surface area contributed by atoms with Gasteiger partial charge in [-0.3, -0.25) is 4.90 Å². The van der Waals surface area contributed by atoms with E-state index in [-0.39, 0.29) is 5.82 Å². The number of nitrogens with zero attached hydrogens (tertiary/aromatic N) is 1. The SMILES string of the molecule is COc1ccc2c(c1)CCN1Cc3cc(OSc4cccc(F)c4)ccc3CC21. The van der Waals surface area contributed by atoms with Crippen LogP contribution >= 0.6 is 12.0 Å². The van der Waals surface area contributed by atoms with Crippen LogP contribution in [0, 0.1) is 5.82 Å². The van der Waals surface area contributed by atoms with Crippen LogP contribution in [0.1, 0.15) is 28.3 Å². The number of rotatable bonds is 4. The Hall–Kier alpha value is -2.50. The summed E-state index contributed by atoms with van der Waals surface area (Å²) < 4.78 is 24.6. The Kier molecular flexibility index (Phi) is 4.94. The lowest BCUT2D eigenvalue weighted by atomic mass is 9.84. The molecule has 148 valence electrons. The minimum absolute atomic E-state index is 0.252. The summed E-state index contributed by atoms with van der Waals surface area (Å²) in [5, 5.41) is 0. The zero-order valence-electron chi connectivity index (χ0n) is 16.2. The molecule has 0 bridgehead atoms. The molecule has 0 saturated carbocycles. The minimum Gasteiger partial charge on any atom is -0.497 e. The largest absolute Gasteiger partial charge is 0.497 e. The molecule has 0 N–H and O–H groups in total. The van der Waals surface area contributed by atoms with Gasteiger partial charge in [-0.2, -0.15) is 0 Å². The monoisotopic (exact) mass is 407 g/mol. The van der Waals surface area contributed by atoms with Gasteiger partial charge in [0.05, 0.1) is 24.0 Å². The average Bonchev–Trinajstić information content (AvgIpc) is 2.75. The number of ether oxygens (including phenoxy) is 1. The normalized spacial score (nSPS) is 17.8. The molecule has 2 aliphatic rings. The van der Waals surface area contributed by atoms with Crippen LogP contribution in [0.3, 0.4) is 0 Å². The third-order valence-electron chi connectivity index (χ3n) is 5.81. The van der Waals surface area contributed by atoms with Crippen molar-refractivity contribution in [1.82, 2.24) is 4.90 Å². The fourth-order valence-corrected chi connectivity index (χ4v) is 4.93. The van der Waals surface area contributed by atoms with E-state index in [0.717, 1.165) is 42.3 Å². The summed E-state index contributed by atoms with van der Waals surface area (Å²) >= 11 is 1.19. The third kappa shape index (κ3) is 3.72. The molecule has 2 aliphatic heterocycles. The van der Waals surface area contributed by atoms with Gasteiger partial charge in [0.15, 0.2) is 0 Å². The molecule has 3 aromatic rings. The summed E-state index contributed by atoms with van der Waals surface area (Å²) in [5.41, 5.74) is 5.51. The summed E-state index contributed by atoms with van der Waals surface area (Å²) in [4.78, 5) is 3.31. The zero-order valence-corrected chi connectivity index (χ0v) is 17.0. The molecule has 0 aromatic heterocycles. The number of hydrogen-bond donors (Lipinski definition) is 0. The highest BCUT2D eigenvalue weighted by atomic mass is 32.2. The first-order valence-corrected chi connectivity index (χ1v) is 10.6. The van der Waals surface area contributed by atoms with E-state index in [1.165, 1.54) is 46.4 Å². The third-order valence-corrected chi connectivity index (χ3v) is 6.54. The maximum absolute atomic E-state index is 13.3. The van der Waals surface area contributed by atoms with Crippen molar-refractivity contribution < 1.29 is 13.3 Å². The van der Waals surface area contributed by atoms with Gasteiger partial charge in [0.25, 0.3) is 0 Å². The maximum atomic E-state index is 13.3. The second-order valence-corrected chi connectivity index (χ2v) is 8.36. The van der Waals surface area contributed by atoms with Gasteiger partial charge in [-0.1, -0.05) is 18.2 Å². The lowest BCUT2D eigenvalue weighted by Gasteiger charge is -2.41. The molecule has 0 fully saturated rings. The van der Waals surface area contributed by atoms with Crippen LogP contribution in [0.5, 0.6) is 11.5 Å². The second kappa shape index (κ2) is 7.73. The Balaban J connectivity index is 1.34. The van der Waals surface area contributed by atoms with Gasteiger partial charge in [0.1, 0.15) is 17.3 Å². The number of benzene rings is 3. The van der Waals surface area contributed by atoms with Gasteiger partial charge >= 0.3 is 0 Å². The van der Waals surface area contributed by atoms with E-state index in [9.17, 15) is 4.39 Å². The first-order valence-electron chi connectivity index (χ1n) is 9.82. The van der Waals surface area contributed by atoms with Crippen molar-refractivity contribution in [1.29, 1.82) is 0 Å². The van der Waals surface area contributed by atoms with Crippen LogP contribution in [0.15, 0.2) is 65.6 Å². The number of methoxy groups -OCH3 is 1. The van der Waals surface area contributed by atoms with Crippen molar-refractivity contribution >= 4 is 12.0 Å². The Labute approximate surface area is 174 Å².